The average Bonchev–Trinajstić information content (AvgIpc) is 3.72. The van der Waals surface area contributed by atoms with Crippen molar-refractivity contribution in [2.24, 2.45) is 0 Å². The molecule has 0 saturated carbocycles. The number of hydrogen-bond donors (Lipinski definition) is 0. The van der Waals surface area contributed by atoms with E-state index in [4.69, 9.17) is 12.8 Å². The second kappa shape index (κ2) is 24.8. The summed E-state index contributed by atoms with van der Waals surface area (Å²) in [7, 11) is -4.53. The van der Waals surface area contributed by atoms with Crippen LogP contribution in [0.3, 0.4) is 0 Å². The molecule has 0 saturated heterocycles. The number of rotatable bonds is 10. The third-order valence-corrected chi connectivity index (χ3v) is 26.0. The van der Waals surface area contributed by atoms with Gasteiger partial charge in [-0.3, -0.25) is 11.8 Å². The fourth-order valence-electron chi connectivity index (χ4n) is 9.55. The van der Waals surface area contributed by atoms with Gasteiger partial charge in [-0.1, -0.05) is 158 Å². The fraction of sp³-hybridized carbons (Fsp3) is 0.167. The topological polar surface area (TPSA) is 0 Å². The maximum Gasteiger partial charge on any atom is 1.00 e. The third-order valence-electron chi connectivity index (χ3n) is 12.9. The maximum atomic E-state index is 7.26. The van der Waals surface area contributed by atoms with Gasteiger partial charge in [-0.15, -0.1) is 35.4 Å². The summed E-state index contributed by atoms with van der Waals surface area (Å²) in [5.41, 5.74) is 7.26. The van der Waals surface area contributed by atoms with Crippen LogP contribution in [-0.2, 0) is 44.8 Å². The van der Waals surface area contributed by atoms with E-state index < -0.39 is 32.0 Å². The van der Waals surface area contributed by atoms with Crippen molar-refractivity contribution in [3.05, 3.63) is 223 Å². The van der Waals surface area contributed by atoms with E-state index in [9.17, 15) is 0 Å². The van der Waals surface area contributed by atoms with Gasteiger partial charge >= 0.3 is 44.8 Å². The van der Waals surface area contributed by atoms with Gasteiger partial charge < -0.3 is 12.8 Å². The molecule has 2 heterocycles. The Bertz CT molecular complexity index is 2680. The smallest absolute Gasteiger partial charge is 0.366 e. The van der Waals surface area contributed by atoms with Crippen LogP contribution in [-0.4, -0.2) is 28.5 Å². The predicted octanol–water partition coefficient (Wildman–Crippen LogP) is 11.5. The molecule has 2 aliphatic heterocycles. The van der Waals surface area contributed by atoms with E-state index in [2.05, 4.69) is 234 Å². The van der Waals surface area contributed by atoms with Gasteiger partial charge in [-0.2, -0.15) is 0 Å². The van der Waals surface area contributed by atoms with Crippen molar-refractivity contribution in [1.29, 1.82) is 0 Å². The Morgan fingerprint density at radius 1 is 0.470 bits per heavy atom. The number of unbranched alkanes of at least 4 members (excludes halogenated alkanes) is 1. The second-order valence-electron chi connectivity index (χ2n) is 17.6. The Labute approximate surface area is 432 Å². The molecule has 0 aromatic heterocycles. The number of allylic oxidation sites excluding steroid dienone is 4. The first kappa shape index (κ1) is 52.9. The summed E-state index contributed by atoms with van der Waals surface area (Å²) in [5.74, 6) is 4.99. The largest absolute Gasteiger partial charge is 1.00 e. The van der Waals surface area contributed by atoms with E-state index in [0.29, 0.717) is 0 Å². The summed E-state index contributed by atoms with van der Waals surface area (Å²) >= 11 is 0. The average molecular weight is 1290 g/mol. The van der Waals surface area contributed by atoms with Crippen LogP contribution in [0.1, 0.15) is 37.8 Å². The van der Waals surface area contributed by atoms with E-state index in [1.165, 1.54) is 89.4 Å². The molecule has 9 rings (SSSR count). The zero-order valence-electron chi connectivity index (χ0n) is 38.9. The van der Waals surface area contributed by atoms with Crippen LogP contribution in [0.4, 0.5) is 0 Å². The van der Waals surface area contributed by atoms with Crippen molar-refractivity contribution in [2.45, 2.75) is 52.9 Å². The summed E-state index contributed by atoms with van der Waals surface area (Å²) in [6.07, 6.45) is 26.6. The SMILES string of the molecule is C/C=C\C(=C/C)[PH+](CCCC[PH+](c1ccccc1)c1ccccc1)c1ccccc1.[Au+].[Au+].[C-]#Cc1ccc2c(c1)[Si](C)(C)c1ccccc1-2.[C-]#Cc1ccc2c(c1)[Si](C)(C)c1ccccc1-2. The fourth-order valence-corrected chi connectivity index (χ4v) is 21.3. The van der Waals surface area contributed by atoms with Gasteiger partial charge in [0.2, 0.25) is 0 Å². The van der Waals surface area contributed by atoms with E-state index in [1.54, 1.807) is 0 Å². The third kappa shape index (κ3) is 12.0. The van der Waals surface area contributed by atoms with E-state index in [1.807, 2.05) is 12.1 Å². The monoisotopic (exact) mass is 1290 g/mol. The van der Waals surface area contributed by atoms with Gasteiger partial charge in [0.1, 0.15) is 16.1 Å². The van der Waals surface area contributed by atoms with Crippen LogP contribution in [0.5, 0.6) is 0 Å². The number of fused-ring (bicyclic) bond motifs is 6. The van der Waals surface area contributed by atoms with Crippen molar-refractivity contribution in [3.63, 3.8) is 0 Å². The first-order chi connectivity index (χ1) is 31.1. The molecule has 6 heteroatoms. The molecule has 0 amide bonds. The van der Waals surface area contributed by atoms with Crippen LogP contribution in [0.2, 0.25) is 26.2 Å². The van der Waals surface area contributed by atoms with Crippen LogP contribution < -0.4 is 36.7 Å². The Hall–Kier alpha value is -4.09. The molecule has 7 aromatic carbocycles. The van der Waals surface area contributed by atoms with Crippen molar-refractivity contribution in [3.8, 4) is 34.1 Å². The van der Waals surface area contributed by atoms with Crippen molar-refractivity contribution in [2.75, 3.05) is 12.3 Å². The maximum absolute atomic E-state index is 7.26. The zero-order valence-corrected chi connectivity index (χ0v) is 47.2. The van der Waals surface area contributed by atoms with E-state index >= 15 is 0 Å². The number of benzene rings is 7. The Morgan fingerprint density at radius 3 is 1.26 bits per heavy atom. The van der Waals surface area contributed by atoms with Gasteiger partial charge in [0, 0.05) is 0 Å². The molecule has 1 unspecified atom stereocenters. The molecule has 0 bridgehead atoms. The van der Waals surface area contributed by atoms with Gasteiger partial charge in [-0.25, -0.2) is 0 Å². The summed E-state index contributed by atoms with van der Waals surface area (Å²) in [6, 6.07) is 63.4. The van der Waals surface area contributed by atoms with E-state index in [0.717, 1.165) is 11.1 Å². The molecular formula is C60H60Au2P2Si2+2. The molecule has 0 nitrogen and oxygen atoms in total. The Morgan fingerprint density at radius 2 is 0.848 bits per heavy atom. The molecule has 2 aliphatic rings. The molecule has 66 heavy (non-hydrogen) atoms. The van der Waals surface area contributed by atoms with Crippen molar-refractivity contribution < 1.29 is 44.8 Å². The van der Waals surface area contributed by atoms with Crippen molar-refractivity contribution >= 4 is 68.7 Å². The molecule has 0 radical (unpaired) electrons. The predicted molar refractivity (Wildman–Crippen MR) is 292 cm³/mol. The first-order valence-electron chi connectivity index (χ1n) is 22.6. The summed E-state index contributed by atoms with van der Waals surface area (Å²) in [6.45, 7) is 13.8. The minimum Gasteiger partial charge on any atom is -0.366 e. The van der Waals surface area contributed by atoms with Crippen LogP contribution in [0.25, 0.3) is 22.3 Å². The summed E-state index contributed by atoms with van der Waals surface area (Å²) in [4.78, 5) is 0. The Balaban J connectivity index is 0.000000194. The van der Waals surface area contributed by atoms with Crippen LogP contribution in [0, 0.1) is 24.7 Å². The van der Waals surface area contributed by atoms with Gasteiger partial charge in [0.25, 0.3) is 0 Å². The van der Waals surface area contributed by atoms with Gasteiger partial charge in [0.05, 0.1) is 49.4 Å². The molecule has 0 fully saturated rings. The van der Waals surface area contributed by atoms with Crippen molar-refractivity contribution in [1.82, 2.24) is 0 Å². The summed E-state index contributed by atoms with van der Waals surface area (Å²) in [5, 5.41) is 12.0. The first-order valence-corrected chi connectivity index (χ1v) is 32.0. The normalized spacial score (nSPS) is 13.6. The van der Waals surface area contributed by atoms with Crippen LogP contribution >= 0.6 is 15.8 Å². The minimum absolute atomic E-state index is 0. The standard InChI is InChI=1S/C28H32P2.2C16H13Si.2Au/c1-3-16-25(4-2)29(26-17-8-5-9-18-26)23-14-15-24-30(27-19-10-6-11-20-27)28-21-12-7-13-22-28;2*1-4-12-9-10-14-13-7-5-6-8-15(13)17(2,3)16(14)11-12;;/h3-13,16-22H,14-15,23-24H2,1-2H3;2*5-11H,2-3H3;;/q;2*-1;2*+1/p+2/b16-3-,25-4+;;;;. The molecule has 0 N–H and O–H groups in total. The van der Waals surface area contributed by atoms with Crippen LogP contribution in [0.15, 0.2) is 199 Å². The molecule has 338 valence electrons. The quantitative estimate of drug-likeness (QED) is 0.0320. The number of hydrogen-bond acceptors (Lipinski definition) is 0. The molecule has 0 spiro atoms. The minimum atomic E-state index is -1.55. The Kier molecular flexibility index (Phi) is 19.9. The molecule has 1 atom stereocenters. The van der Waals surface area contributed by atoms with E-state index in [-0.39, 0.29) is 44.8 Å². The van der Waals surface area contributed by atoms with Gasteiger partial charge in [0.15, 0.2) is 0 Å². The van der Waals surface area contributed by atoms with Gasteiger partial charge in [-0.05, 0) is 108 Å². The molecule has 0 aliphatic carbocycles. The summed E-state index contributed by atoms with van der Waals surface area (Å²) < 4.78 is 0. The molecular weight excluding hydrogens is 1230 g/mol. The molecule has 7 aromatic rings. The second-order valence-corrected chi connectivity index (χ2v) is 31.5. The zero-order chi connectivity index (χ0) is 45.1.